The van der Waals surface area contributed by atoms with Gasteiger partial charge in [-0.15, -0.1) is 0 Å². The molecule has 1 heterocycles. The van der Waals surface area contributed by atoms with E-state index in [-0.39, 0.29) is 5.76 Å². The van der Waals surface area contributed by atoms with Crippen LogP contribution in [0.15, 0.2) is 73.1 Å². The number of benzene rings is 2. The maximum atomic E-state index is 12.9. The third kappa shape index (κ3) is 3.60. The van der Waals surface area contributed by atoms with E-state index in [1.54, 1.807) is 42.1 Å². The van der Waals surface area contributed by atoms with E-state index >= 15 is 0 Å². The number of hydrogen-bond acceptors (Lipinski definition) is 1. The molecular formula is C20H16F3NO. The van der Waals surface area contributed by atoms with E-state index in [0.717, 1.165) is 23.3 Å². The lowest BCUT2D eigenvalue weighted by Crippen LogP contribution is -2.05. The van der Waals surface area contributed by atoms with Crippen molar-refractivity contribution >= 4 is 5.76 Å². The third-order valence-electron chi connectivity index (χ3n) is 3.93. The highest BCUT2D eigenvalue weighted by Gasteiger charge is 2.30. The molecule has 0 saturated heterocycles. The predicted octanol–water partition coefficient (Wildman–Crippen LogP) is 6.08. The summed E-state index contributed by atoms with van der Waals surface area (Å²) in [6.07, 6.45) is 0.714. The van der Waals surface area contributed by atoms with Gasteiger partial charge in [0.2, 0.25) is 0 Å². The van der Waals surface area contributed by atoms with Crippen LogP contribution in [0.3, 0.4) is 0 Å². The largest absolute Gasteiger partial charge is 0.508 e. The monoisotopic (exact) mass is 343 g/mol. The van der Waals surface area contributed by atoms with Gasteiger partial charge in [0.25, 0.3) is 0 Å². The van der Waals surface area contributed by atoms with Crippen LogP contribution in [0.4, 0.5) is 13.2 Å². The Labute approximate surface area is 143 Å². The first kappa shape index (κ1) is 16.9. The van der Waals surface area contributed by atoms with E-state index in [4.69, 9.17) is 0 Å². The molecule has 1 N–H and O–H groups in total. The smallest absolute Gasteiger partial charge is 0.416 e. The predicted molar refractivity (Wildman–Crippen MR) is 92.5 cm³/mol. The van der Waals surface area contributed by atoms with Crippen LogP contribution in [0.2, 0.25) is 0 Å². The van der Waals surface area contributed by atoms with E-state index < -0.39 is 11.7 Å². The number of halogens is 3. The van der Waals surface area contributed by atoms with Gasteiger partial charge in [-0.1, -0.05) is 24.3 Å². The first-order valence-corrected chi connectivity index (χ1v) is 7.70. The molecule has 0 aliphatic carbocycles. The number of hydrogen-bond donors (Lipinski definition) is 1. The van der Waals surface area contributed by atoms with Crippen molar-refractivity contribution in [3.05, 3.63) is 84.2 Å². The summed E-state index contributed by atoms with van der Waals surface area (Å²) in [5.41, 5.74) is 2.17. The van der Waals surface area contributed by atoms with E-state index in [1.165, 1.54) is 6.07 Å². The Hall–Kier alpha value is -2.95. The second kappa shape index (κ2) is 6.51. The topological polar surface area (TPSA) is 25.2 Å². The molecule has 0 unspecified atom stereocenters. The fourth-order valence-electron chi connectivity index (χ4n) is 2.60. The van der Waals surface area contributed by atoms with Crippen LogP contribution < -0.4 is 0 Å². The fourth-order valence-corrected chi connectivity index (χ4v) is 2.60. The van der Waals surface area contributed by atoms with Crippen molar-refractivity contribution in [3.63, 3.8) is 0 Å². The van der Waals surface area contributed by atoms with Crippen LogP contribution in [0.1, 0.15) is 18.1 Å². The van der Waals surface area contributed by atoms with Crippen molar-refractivity contribution in [2.24, 2.45) is 0 Å². The zero-order valence-corrected chi connectivity index (χ0v) is 13.5. The molecule has 0 radical (unpaired) electrons. The van der Waals surface area contributed by atoms with Crippen LogP contribution in [-0.4, -0.2) is 9.67 Å². The molecule has 0 aliphatic rings. The molecule has 0 atom stereocenters. The molecule has 3 aromatic rings. The maximum absolute atomic E-state index is 12.9. The maximum Gasteiger partial charge on any atom is 0.416 e. The van der Waals surface area contributed by atoms with Crippen molar-refractivity contribution in [3.8, 4) is 16.8 Å². The molecule has 0 saturated carbocycles. The summed E-state index contributed by atoms with van der Waals surface area (Å²) in [6, 6.07) is 14.4. The molecule has 25 heavy (non-hydrogen) atoms. The van der Waals surface area contributed by atoms with Gasteiger partial charge in [0.1, 0.15) is 5.76 Å². The first-order valence-electron chi connectivity index (χ1n) is 7.70. The Bertz CT molecular complexity index is 922. The van der Waals surface area contributed by atoms with E-state index in [1.807, 2.05) is 24.3 Å². The number of aromatic nitrogens is 1. The van der Waals surface area contributed by atoms with Crippen molar-refractivity contribution in [2.75, 3.05) is 0 Å². The van der Waals surface area contributed by atoms with Gasteiger partial charge in [0.15, 0.2) is 0 Å². The lowest BCUT2D eigenvalue weighted by atomic mass is 10.0. The van der Waals surface area contributed by atoms with Crippen LogP contribution in [0, 0.1) is 0 Å². The van der Waals surface area contributed by atoms with Crippen LogP contribution in [0.5, 0.6) is 0 Å². The summed E-state index contributed by atoms with van der Waals surface area (Å²) >= 11 is 0. The third-order valence-corrected chi connectivity index (χ3v) is 3.93. The summed E-state index contributed by atoms with van der Waals surface area (Å²) in [5.74, 6) is 0.180. The number of rotatable bonds is 3. The zero-order valence-electron chi connectivity index (χ0n) is 13.5. The molecule has 0 fully saturated rings. The normalized spacial score (nSPS) is 12.4. The van der Waals surface area contributed by atoms with Gasteiger partial charge < -0.3 is 9.67 Å². The Morgan fingerprint density at radius 2 is 1.76 bits per heavy atom. The molecule has 0 amide bonds. The minimum absolute atomic E-state index is 0.180. The lowest BCUT2D eigenvalue weighted by molar-refractivity contribution is -0.137. The minimum atomic E-state index is -4.37. The Morgan fingerprint density at radius 1 is 1.00 bits per heavy atom. The molecule has 3 rings (SSSR count). The SMILES string of the molecule is C/C=C(\O)c1cccc(-c2ccn(-c3cccc(C(F)(F)F)c3)c2)c1. The van der Waals surface area contributed by atoms with Gasteiger partial charge in [0, 0.05) is 23.6 Å². The van der Waals surface area contributed by atoms with Crippen molar-refractivity contribution in [2.45, 2.75) is 13.1 Å². The van der Waals surface area contributed by atoms with Gasteiger partial charge in [-0.25, -0.2) is 0 Å². The highest BCUT2D eigenvalue weighted by molar-refractivity contribution is 5.69. The Kier molecular flexibility index (Phi) is 4.40. The van der Waals surface area contributed by atoms with E-state index in [0.29, 0.717) is 11.3 Å². The van der Waals surface area contributed by atoms with Gasteiger partial charge >= 0.3 is 6.18 Å². The average Bonchev–Trinajstić information content (AvgIpc) is 3.11. The van der Waals surface area contributed by atoms with Crippen molar-refractivity contribution in [1.82, 2.24) is 4.57 Å². The standard InChI is InChI=1S/C20H16F3NO/c1-2-19(25)15-6-3-5-14(11-15)16-9-10-24(13-16)18-8-4-7-17(12-18)20(21,22)23/h2-13,25H,1H3/b19-2-. The lowest BCUT2D eigenvalue weighted by Gasteiger charge is -2.09. The van der Waals surface area contributed by atoms with Crippen molar-refractivity contribution in [1.29, 1.82) is 0 Å². The highest BCUT2D eigenvalue weighted by Crippen LogP contribution is 2.31. The van der Waals surface area contributed by atoms with Gasteiger partial charge in [-0.3, -0.25) is 0 Å². The quantitative estimate of drug-likeness (QED) is 0.573. The van der Waals surface area contributed by atoms with Crippen LogP contribution in [0.25, 0.3) is 22.6 Å². The van der Waals surface area contributed by atoms with Crippen LogP contribution >= 0.6 is 0 Å². The molecule has 0 aliphatic heterocycles. The first-order chi connectivity index (χ1) is 11.9. The summed E-state index contributed by atoms with van der Waals surface area (Å²) in [4.78, 5) is 0. The second-order valence-electron chi connectivity index (χ2n) is 5.61. The summed E-state index contributed by atoms with van der Waals surface area (Å²) in [7, 11) is 0. The molecule has 1 aromatic heterocycles. The highest BCUT2D eigenvalue weighted by atomic mass is 19.4. The summed E-state index contributed by atoms with van der Waals surface area (Å²) in [5, 5.41) is 9.84. The number of aliphatic hydroxyl groups excluding tert-OH is 1. The second-order valence-corrected chi connectivity index (χ2v) is 5.61. The minimum Gasteiger partial charge on any atom is -0.508 e. The molecule has 2 nitrogen and oxygen atoms in total. The molecule has 0 spiro atoms. The number of alkyl halides is 3. The molecular weight excluding hydrogens is 327 g/mol. The Morgan fingerprint density at radius 3 is 2.48 bits per heavy atom. The van der Waals surface area contributed by atoms with Gasteiger partial charge in [0.05, 0.1) is 5.56 Å². The van der Waals surface area contributed by atoms with Gasteiger partial charge in [-0.05, 0) is 54.5 Å². The van der Waals surface area contributed by atoms with Gasteiger partial charge in [-0.2, -0.15) is 13.2 Å². The van der Waals surface area contributed by atoms with Crippen molar-refractivity contribution < 1.29 is 18.3 Å². The number of allylic oxidation sites excluding steroid dienone is 1. The Balaban J connectivity index is 1.96. The van der Waals surface area contributed by atoms with Crippen LogP contribution in [-0.2, 0) is 6.18 Å². The number of aliphatic hydroxyl groups is 1. The zero-order chi connectivity index (χ0) is 18.0. The molecule has 2 aromatic carbocycles. The number of nitrogens with zero attached hydrogens (tertiary/aromatic N) is 1. The molecule has 128 valence electrons. The van der Waals surface area contributed by atoms with E-state index in [9.17, 15) is 18.3 Å². The van der Waals surface area contributed by atoms with E-state index in [2.05, 4.69) is 0 Å². The molecule has 5 heteroatoms. The average molecular weight is 343 g/mol. The molecule has 0 bridgehead atoms. The fraction of sp³-hybridized carbons (Fsp3) is 0.100. The summed E-state index contributed by atoms with van der Waals surface area (Å²) < 4.78 is 40.3. The summed E-state index contributed by atoms with van der Waals surface area (Å²) in [6.45, 7) is 1.74.